The number of nitrogens with one attached hydrogen (secondary N) is 1. The van der Waals surface area contributed by atoms with E-state index in [1.807, 2.05) is 0 Å². The minimum absolute atomic E-state index is 0.319. The van der Waals surface area contributed by atoms with Crippen LogP contribution in [0.4, 0.5) is 4.39 Å². The summed E-state index contributed by atoms with van der Waals surface area (Å²) in [5, 5.41) is 10.7. The van der Waals surface area contributed by atoms with Gasteiger partial charge < -0.3 is 10.4 Å². The molecular formula is C11H11BrFNO3. The topological polar surface area (TPSA) is 66.4 Å². The Labute approximate surface area is 106 Å². The van der Waals surface area contributed by atoms with Crippen molar-refractivity contribution >= 4 is 27.8 Å². The van der Waals surface area contributed by atoms with Gasteiger partial charge in [-0.1, -0.05) is 22.0 Å². The summed E-state index contributed by atoms with van der Waals surface area (Å²) in [6, 6.07) is 3.44. The highest BCUT2D eigenvalue weighted by molar-refractivity contribution is 9.10. The van der Waals surface area contributed by atoms with Crippen molar-refractivity contribution in [3.05, 3.63) is 33.8 Å². The van der Waals surface area contributed by atoms with E-state index in [1.165, 1.54) is 0 Å². The molecule has 1 aromatic carbocycles. The Morgan fingerprint density at radius 2 is 2.18 bits per heavy atom. The van der Waals surface area contributed by atoms with E-state index < -0.39 is 24.6 Å². The van der Waals surface area contributed by atoms with Gasteiger partial charge in [0.1, 0.15) is 6.67 Å². The van der Waals surface area contributed by atoms with Gasteiger partial charge in [0, 0.05) is 10.0 Å². The van der Waals surface area contributed by atoms with Gasteiger partial charge >= 0.3 is 5.97 Å². The molecule has 6 heteroatoms. The lowest BCUT2D eigenvalue weighted by Gasteiger charge is -2.12. The molecule has 17 heavy (non-hydrogen) atoms. The highest BCUT2D eigenvalue weighted by Gasteiger charge is 2.21. The van der Waals surface area contributed by atoms with E-state index in [0.717, 1.165) is 4.47 Å². The summed E-state index contributed by atoms with van der Waals surface area (Å²) < 4.78 is 13.1. The Morgan fingerprint density at radius 3 is 2.71 bits per heavy atom. The van der Waals surface area contributed by atoms with Crippen molar-refractivity contribution in [1.82, 2.24) is 5.32 Å². The number of carboxylic acid groups (broad SMARTS) is 1. The van der Waals surface area contributed by atoms with Gasteiger partial charge in [0.05, 0.1) is 0 Å². The van der Waals surface area contributed by atoms with Crippen LogP contribution in [0.5, 0.6) is 0 Å². The number of benzene rings is 1. The predicted molar refractivity (Wildman–Crippen MR) is 63.7 cm³/mol. The van der Waals surface area contributed by atoms with Crippen molar-refractivity contribution < 1.29 is 19.1 Å². The minimum atomic E-state index is -1.51. The summed E-state index contributed by atoms with van der Waals surface area (Å²) in [6.45, 7) is 0.568. The summed E-state index contributed by atoms with van der Waals surface area (Å²) in [5.41, 5.74) is 0.993. The van der Waals surface area contributed by atoms with Crippen molar-refractivity contribution in [3.8, 4) is 0 Å². The average molecular weight is 304 g/mol. The van der Waals surface area contributed by atoms with E-state index in [-0.39, 0.29) is 0 Å². The molecule has 0 aliphatic rings. The fraction of sp³-hybridized carbons (Fsp3) is 0.273. The molecule has 0 aliphatic heterocycles. The number of rotatable bonds is 4. The summed E-state index contributed by atoms with van der Waals surface area (Å²) in [6.07, 6.45) is 0. The van der Waals surface area contributed by atoms with Gasteiger partial charge in [0.15, 0.2) is 6.04 Å². The van der Waals surface area contributed by atoms with E-state index in [2.05, 4.69) is 21.2 Å². The molecule has 0 spiro atoms. The molecule has 0 heterocycles. The number of aliphatic carboxylic acids is 1. The molecule has 1 unspecified atom stereocenters. The van der Waals surface area contributed by atoms with E-state index in [9.17, 15) is 14.0 Å². The second kappa shape index (κ2) is 5.77. The van der Waals surface area contributed by atoms with Crippen molar-refractivity contribution in [3.63, 3.8) is 0 Å². The Kier molecular flexibility index (Phi) is 4.62. The SMILES string of the molecule is Cc1c(Br)cccc1C(=O)NC(CF)C(=O)O. The number of alkyl halides is 1. The molecule has 0 radical (unpaired) electrons. The second-order valence-electron chi connectivity index (χ2n) is 3.43. The summed E-state index contributed by atoms with van der Waals surface area (Å²) >= 11 is 3.26. The first-order valence-electron chi connectivity index (χ1n) is 4.82. The normalized spacial score (nSPS) is 11.9. The van der Waals surface area contributed by atoms with Crippen molar-refractivity contribution in [2.45, 2.75) is 13.0 Å². The van der Waals surface area contributed by atoms with Gasteiger partial charge in [-0.05, 0) is 24.6 Å². The molecule has 0 fully saturated rings. The smallest absolute Gasteiger partial charge is 0.328 e. The van der Waals surface area contributed by atoms with Crippen LogP contribution in [0.3, 0.4) is 0 Å². The molecule has 4 nitrogen and oxygen atoms in total. The summed E-state index contributed by atoms with van der Waals surface area (Å²) in [7, 11) is 0. The molecule has 0 aliphatic carbocycles. The molecule has 0 aromatic heterocycles. The Bertz CT molecular complexity index is 450. The lowest BCUT2D eigenvalue weighted by atomic mass is 10.1. The fourth-order valence-corrected chi connectivity index (χ4v) is 1.62. The lowest BCUT2D eigenvalue weighted by molar-refractivity contribution is -0.139. The number of carbonyl (C=O) groups is 2. The van der Waals surface area contributed by atoms with Crippen LogP contribution in [-0.4, -0.2) is 29.7 Å². The number of hydrogen-bond donors (Lipinski definition) is 2. The third kappa shape index (κ3) is 3.26. The van der Waals surface area contributed by atoms with Gasteiger partial charge in [0.2, 0.25) is 0 Å². The van der Waals surface area contributed by atoms with Gasteiger partial charge in [0.25, 0.3) is 5.91 Å². The summed E-state index contributed by atoms with van der Waals surface area (Å²) in [5.74, 6) is -2.00. The number of carboxylic acids is 1. The zero-order valence-electron chi connectivity index (χ0n) is 9.04. The highest BCUT2D eigenvalue weighted by atomic mass is 79.9. The van der Waals surface area contributed by atoms with Crippen LogP contribution < -0.4 is 5.32 Å². The average Bonchev–Trinajstić information content (AvgIpc) is 2.28. The molecule has 1 amide bonds. The van der Waals surface area contributed by atoms with Gasteiger partial charge in [-0.3, -0.25) is 4.79 Å². The van der Waals surface area contributed by atoms with Crippen molar-refractivity contribution in [2.24, 2.45) is 0 Å². The standard InChI is InChI=1S/C11H11BrFNO3/c1-6-7(3-2-4-8(6)12)10(15)14-9(5-13)11(16)17/h2-4,9H,5H2,1H3,(H,14,15)(H,16,17). The molecule has 1 rings (SSSR count). The van der Waals surface area contributed by atoms with Crippen LogP contribution in [-0.2, 0) is 4.79 Å². The molecule has 92 valence electrons. The highest BCUT2D eigenvalue weighted by Crippen LogP contribution is 2.19. The van der Waals surface area contributed by atoms with E-state index in [1.54, 1.807) is 25.1 Å². The second-order valence-corrected chi connectivity index (χ2v) is 4.29. The van der Waals surface area contributed by atoms with Crippen LogP contribution in [0.15, 0.2) is 22.7 Å². The lowest BCUT2D eigenvalue weighted by Crippen LogP contribution is -2.42. The van der Waals surface area contributed by atoms with E-state index in [4.69, 9.17) is 5.11 Å². The molecule has 2 N–H and O–H groups in total. The van der Waals surface area contributed by atoms with Gasteiger partial charge in [-0.2, -0.15) is 0 Å². The van der Waals surface area contributed by atoms with E-state index >= 15 is 0 Å². The van der Waals surface area contributed by atoms with Crippen LogP contribution in [0, 0.1) is 6.92 Å². The maximum absolute atomic E-state index is 12.4. The molecular weight excluding hydrogens is 293 g/mol. The number of amides is 1. The summed E-state index contributed by atoms with van der Waals surface area (Å²) in [4.78, 5) is 22.3. The third-order valence-electron chi connectivity index (χ3n) is 2.27. The molecule has 0 bridgehead atoms. The number of halogens is 2. The molecule has 1 atom stereocenters. The maximum atomic E-state index is 12.4. The minimum Gasteiger partial charge on any atom is -0.480 e. The van der Waals surface area contributed by atoms with Crippen LogP contribution >= 0.6 is 15.9 Å². The Hall–Kier alpha value is -1.43. The van der Waals surface area contributed by atoms with Crippen molar-refractivity contribution in [2.75, 3.05) is 6.67 Å². The monoisotopic (exact) mass is 303 g/mol. The quantitative estimate of drug-likeness (QED) is 0.893. The molecule has 1 aromatic rings. The van der Waals surface area contributed by atoms with Crippen LogP contribution in [0.25, 0.3) is 0 Å². The maximum Gasteiger partial charge on any atom is 0.328 e. The Morgan fingerprint density at radius 1 is 1.53 bits per heavy atom. The van der Waals surface area contributed by atoms with E-state index in [0.29, 0.717) is 11.1 Å². The number of hydrogen-bond acceptors (Lipinski definition) is 2. The zero-order valence-corrected chi connectivity index (χ0v) is 10.6. The van der Waals surface area contributed by atoms with Crippen LogP contribution in [0.1, 0.15) is 15.9 Å². The van der Waals surface area contributed by atoms with Gasteiger partial charge in [-0.25, -0.2) is 9.18 Å². The number of carbonyl (C=O) groups excluding carboxylic acids is 1. The fourth-order valence-electron chi connectivity index (χ4n) is 1.26. The van der Waals surface area contributed by atoms with Crippen molar-refractivity contribution in [1.29, 1.82) is 0 Å². The first-order chi connectivity index (χ1) is 7.97. The molecule has 0 saturated carbocycles. The predicted octanol–water partition coefficient (Wildman–Crippen LogP) is 1.91. The Balaban J connectivity index is 2.90. The largest absolute Gasteiger partial charge is 0.480 e. The first-order valence-corrected chi connectivity index (χ1v) is 5.61. The van der Waals surface area contributed by atoms with Gasteiger partial charge in [-0.15, -0.1) is 0 Å². The first kappa shape index (κ1) is 13.6. The third-order valence-corrected chi connectivity index (χ3v) is 3.13. The molecule has 0 saturated heterocycles. The van der Waals surface area contributed by atoms with Crippen LogP contribution in [0.2, 0.25) is 0 Å². The zero-order chi connectivity index (χ0) is 13.0.